The Morgan fingerprint density at radius 3 is 2.78 bits per heavy atom. The molecule has 1 aromatic heterocycles. The molecule has 2 rings (SSSR count). The van der Waals surface area contributed by atoms with Crippen molar-refractivity contribution in [2.24, 2.45) is 7.05 Å². The molecule has 0 saturated carbocycles. The fourth-order valence-electron chi connectivity index (χ4n) is 2.33. The van der Waals surface area contributed by atoms with E-state index in [4.69, 9.17) is 0 Å². The van der Waals surface area contributed by atoms with Gasteiger partial charge in [-0.3, -0.25) is 4.90 Å². The molecule has 1 aromatic rings. The fraction of sp³-hybridized carbons (Fsp3) is 0.917. The molecule has 1 fully saturated rings. The van der Waals surface area contributed by atoms with Crippen molar-refractivity contribution < 1.29 is 0 Å². The van der Waals surface area contributed by atoms with Gasteiger partial charge in [0.2, 0.25) is 0 Å². The largest absolute Gasteiger partial charge is 0.311 e. The first kappa shape index (κ1) is 13.4. The second kappa shape index (κ2) is 5.32. The summed E-state index contributed by atoms with van der Waals surface area (Å²) in [6, 6.07) is 0.591. The maximum absolute atomic E-state index is 4.25. The van der Waals surface area contributed by atoms with Crippen molar-refractivity contribution in [3.63, 3.8) is 0 Å². The summed E-state index contributed by atoms with van der Waals surface area (Å²) in [7, 11) is 1.80. The van der Waals surface area contributed by atoms with Crippen LogP contribution in [0.25, 0.3) is 0 Å². The summed E-state index contributed by atoms with van der Waals surface area (Å²) in [5.74, 6) is 0.820. The molecule has 1 aliphatic rings. The Balaban J connectivity index is 1.87. The van der Waals surface area contributed by atoms with Crippen LogP contribution >= 0.6 is 0 Å². The van der Waals surface area contributed by atoms with Crippen molar-refractivity contribution in [3.8, 4) is 0 Å². The zero-order chi connectivity index (χ0) is 13.2. The molecule has 0 aromatic carbocycles. The minimum Gasteiger partial charge on any atom is -0.311 e. The number of hydrogen-bond acceptors (Lipinski definition) is 5. The van der Waals surface area contributed by atoms with Crippen molar-refractivity contribution >= 4 is 0 Å². The normalized spacial score (nSPS) is 21.7. The van der Waals surface area contributed by atoms with E-state index in [2.05, 4.69) is 46.4 Å². The van der Waals surface area contributed by atoms with Gasteiger partial charge in [0.15, 0.2) is 5.82 Å². The highest BCUT2D eigenvalue weighted by Crippen LogP contribution is 2.18. The van der Waals surface area contributed by atoms with Gasteiger partial charge in [0.1, 0.15) is 0 Å². The average Bonchev–Trinajstić information content (AvgIpc) is 2.85. The van der Waals surface area contributed by atoms with Gasteiger partial charge in [0.25, 0.3) is 0 Å². The van der Waals surface area contributed by atoms with E-state index in [0.29, 0.717) is 6.04 Å². The molecule has 1 unspecified atom stereocenters. The zero-order valence-electron chi connectivity index (χ0n) is 11.8. The molecule has 6 heteroatoms. The number of aryl methyl sites for hydroxylation is 1. The highest BCUT2D eigenvalue weighted by Gasteiger charge is 2.26. The Morgan fingerprint density at radius 1 is 1.39 bits per heavy atom. The molecule has 102 valence electrons. The Bertz CT molecular complexity index is 380. The third-order valence-corrected chi connectivity index (χ3v) is 3.26. The van der Waals surface area contributed by atoms with Crippen LogP contribution in [0.2, 0.25) is 0 Å². The van der Waals surface area contributed by atoms with Gasteiger partial charge >= 0.3 is 0 Å². The number of rotatable bonds is 4. The van der Waals surface area contributed by atoms with Crippen LogP contribution in [0.4, 0.5) is 0 Å². The molecule has 1 atom stereocenters. The van der Waals surface area contributed by atoms with Crippen LogP contribution in [0.15, 0.2) is 0 Å². The fourth-order valence-corrected chi connectivity index (χ4v) is 2.33. The number of nitrogens with one attached hydrogen (secondary N) is 1. The summed E-state index contributed by atoms with van der Waals surface area (Å²) in [5, 5.41) is 15.8. The third kappa shape index (κ3) is 3.74. The molecule has 0 spiro atoms. The van der Waals surface area contributed by atoms with Gasteiger partial charge in [-0.2, -0.15) is 4.80 Å². The lowest BCUT2D eigenvalue weighted by Crippen LogP contribution is -2.45. The van der Waals surface area contributed by atoms with Crippen molar-refractivity contribution in [3.05, 3.63) is 5.82 Å². The lowest BCUT2D eigenvalue weighted by atomic mass is 10.1. The number of nitrogens with zero attached hydrogens (tertiary/aromatic N) is 5. The quantitative estimate of drug-likeness (QED) is 0.848. The number of tetrazole rings is 1. The van der Waals surface area contributed by atoms with Gasteiger partial charge in [-0.15, -0.1) is 10.2 Å². The number of aromatic nitrogens is 4. The van der Waals surface area contributed by atoms with Gasteiger partial charge in [-0.25, -0.2) is 0 Å². The Hall–Kier alpha value is -1.01. The summed E-state index contributed by atoms with van der Waals surface area (Å²) < 4.78 is 0. The van der Waals surface area contributed by atoms with E-state index in [-0.39, 0.29) is 5.54 Å². The minimum absolute atomic E-state index is 0.180. The molecule has 1 saturated heterocycles. The van der Waals surface area contributed by atoms with E-state index in [1.807, 2.05) is 0 Å². The minimum atomic E-state index is 0.180. The molecule has 6 nitrogen and oxygen atoms in total. The molecule has 0 bridgehead atoms. The van der Waals surface area contributed by atoms with Crippen molar-refractivity contribution in [1.29, 1.82) is 0 Å². The van der Waals surface area contributed by atoms with Crippen molar-refractivity contribution in [1.82, 2.24) is 30.4 Å². The molecule has 0 amide bonds. The summed E-state index contributed by atoms with van der Waals surface area (Å²) in [5.41, 5.74) is 0.180. The van der Waals surface area contributed by atoms with E-state index in [1.54, 1.807) is 7.05 Å². The van der Waals surface area contributed by atoms with Crippen LogP contribution in [-0.2, 0) is 13.6 Å². The van der Waals surface area contributed by atoms with Crippen LogP contribution in [0.1, 0.15) is 39.4 Å². The van der Waals surface area contributed by atoms with Gasteiger partial charge in [-0.1, -0.05) is 0 Å². The number of hydrogen-bond donors (Lipinski definition) is 1. The van der Waals surface area contributed by atoms with Crippen LogP contribution < -0.4 is 5.32 Å². The van der Waals surface area contributed by atoms with Crippen LogP contribution in [0.5, 0.6) is 0 Å². The van der Waals surface area contributed by atoms with Gasteiger partial charge in [0.05, 0.1) is 13.6 Å². The third-order valence-electron chi connectivity index (χ3n) is 3.26. The van der Waals surface area contributed by atoms with E-state index < -0.39 is 0 Å². The van der Waals surface area contributed by atoms with E-state index in [9.17, 15) is 0 Å². The second-order valence-electron chi connectivity index (χ2n) is 6.09. The summed E-state index contributed by atoms with van der Waals surface area (Å²) in [6.45, 7) is 9.59. The lowest BCUT2D eigenvalue weighted by molar-refractivity contribution is 0.221. The molecule has 18 heavy (non-hydrogen) atoms. The Morgan fingerprint density at radius 2 is 2.17 bits per heavy atom. The maximum Gasteiger partial charge on any atom is 0.188 e. The van der Waals surface area contributed by atoms with Gasteiger partial charge in [-0.05, 0) is 45.4 Å². The maximum atomic E-state index is 4.25. The average molecular weight is 252 g/mol. The summed E-state index contributed by atoms with van der Waals surface area (Å²) >= 11 is 0. The Labute approximate surface area is 109 Å². The lowest BCUT2D eigenvalue weighted by Gasteiger charge is -2.28. The van der Waals surface area contributed by atoms with Crippen molar-refractivity contribution in [2.45, 2.75) is 51.7 Å². The highest BCUT2D eigenvalue weighted by molar-refractivity contribution is 4.87. The molecular formula is C12H24N6. The molecule has 0 radical (unpaired) electrons. The second-order valence-corrected chi connectivity index (χ2v) is 6.09. The van der Waals surface area contributed by atoms with Crippen molar-refractivity contribution in [2.75, 3.05) is 13.1 Å². The van der Waals surface area contributed by atoms with Crippen LogP contribution in [0.3, 0.4) is 0 Å². The standard InChI is InChI=1S/C12H24N6/c1-12(2,3)13-8-10-6-5-7-18(10)9-11-14-16-17(4)15-11/h10,13H,5-9H2,1-4H3. The molecule has 0 aliphatic carbocycles. The Kier molecular flexibility index (Phi) is 3.97. The van der Waals surface area contributed by atoms with E-state index >= 15 is 0 Å². The predicted octanol–water partition coefficient (Wildman–Crippen LogP) is 0.563. The van der Waals surface area contributed by atoms with E-state index in [1.165, 1.54) is 17.6 Å². The zero-order valence-corrected chi connectivity index (χ0v) is 11.8. The first-order chi connectivity index (χ1) is 8.44. The summed E-state index contributed by atoms with van der Waals surface area (Å²) in [6.07, 6.45) is 2.51. The number of likely N-dealkylation sites (tertiary alicyclic amines) is 1. The monoisotopic (exact) mass is 252 g/mol. The first-order valence-electron chi connectivity index (χ1n) is 6.66. The predicted molar refractivity (Wildman–Crippen MR) is 70.0 cm³/mol. The first-order valence-corrected chi connectivity index (χ1v) is 6.66. The molecular weight excluding hydrogens is 228 g/mol. The van der Waals surface area contributed by atoms with E-state index in [0.717, 1.165) is 25.5 Å². The molecule has 1 aliphatic heterocycles. The van der Waals surface area contributed by atoms with Crippen LogP contribution in [0, 0.1) is 0 Å². The van der Waals surface area contributed by atoms with Gasteiger partial charge in [0, 0.05) is 18.1 Å². The molecule has 2 heterocycles. The summed E-state index contributed by atoms with van der Waals surface area (Å²) in [4.78, 5) is 3.98. The topological polar surface area (TPSA) is 58.9 Å². The SMILES string of the molecule is Cn1nnc(CN2CCCC2CNC(C)(C)C)n1. The van der Waals surface area contributed by atoms with Crippen LogP contribution in [-0.4, -0.2) is 49.8 Å². The highest BCUT2D eigenvalue weighted by atomic mass is 15.6. The van der Waals surface area contributed by atoms with Gasteiger partial charge < -0.3 is 5.32 Å². The molecule has 1 N–H and O–H groups in total. The smallest absolute Gasteiger partial charge is 0.188 e.